The molecule has 5 heteroatoms. The molecule has 106 valence electrons. The molecule has 2 aromatic carbocycles. The Labute approximate surface area is 139 Å². The van der Waals surface area contributed by atoms with Gasteiger partial charge in [-0.05, 0) is 79.7 Å². The van der Waals surface area contributed by atoms with Crippen LogP contribution in [0.2, 0.25) is 0 Å². The molecule has 0 atom stereocenters. The molecule has 0 amide bonds. The van der Waals surface area contributed by atoms with Crippen LogP contribution >= 0.6 is 43.5 Å². The second kappa shape index (κ2) is 6.92. The second-order valence-corrected chi connectivity index (χ2v) is 6.36. The summed E-state index contributed by atoms with van der Waals surface area (Å²) in [6.07, 6.45) is 0. The molecule has 2 rings (SSSR count). The first-order chi connectivity index (χ1) is 9.51. The van der Waals surface area contributed by atoms with Crippen molar-refractivity contribution in [2.24, 2.45) is 0 Å². The van der Waals surface area contributed by atoms with Gasteiger partial charge in [-0.15, -0.1) is 11.6 Å². The Balaban J connectivity index is 2.21. The maximum absolute atomic E-state index is 13.2. The first kappa shape index (κ1) is 15.8. The molecular weight excluding hydrogens is 410 g/mol. The minimum Gasteiger partial charge on any atom is -0.487 e. The fraction of sp³-hybridized carbons (Fsp3) is 0.200. The van der Waals surface area contributed by atoms with Gasteiger partial charge in [-0.25, -0.2) is 4.39 Å². The minimum absolute atomic E-state index is 0.259. The Bertz CT molecular complexity index is 608. The van der Waals surface area contributed by atoms with Crippen molar-refractivity contribution in [3.05, 3.63) is 61.8 Å². The quantitative estimate of drug-likeness (QED) is 0.551. The Morgan fingerprint density at radius 3 is 2.40 bits per heavy atom. The zero-order valence-corrected chi connectivity index (χ0v) is 14.6. The smallest absolute Gasteiger partial charge is 0.148 e. The molecule has 0 saturated heterocycles. The lowest BCUT2D eigenvalue weighted by Gasteiger charge is -2.13. The fourth-order valence-corrected chi connectivity index (χ4v) is 3.44. The highest BCUT2D eigenvalue weighted by Crippen LogP contribution is 2.35. The Hall–Kier alpha value is -0.580. The lowest BCUT2D eigenvalue weighted by molar-refractivity contribution is 0.301. The van der Waals surface area contributed by atoms with Crippen molar-refractivity contribution < 1.29 is 9.13 Å². The first-order valence-corrected chi connectivity index (χ1v) is 8.05. The van der Waals surface area contributed by atoms with Crippen LogP contribution < -0.4 is 4.74 Å². The molecule has 20 heavy (non-hydrogen) atoms. The van der Waals surface area contributed by atoms with Crippen molar-refractivity contribution in [2.75, 3.05) is 0 Å². The van der Waals surface area contributed by atoms with Crippen LogP contribution in [-0.2, 0) is 12.5 Å². The van der Waals surface area contributed by atoms with E-state index in [4.69, 9.17) is 16.3 Å². The molecule has 0 radical (unpaired) electrons. The van der Waals surface area contributed by atoms with Gasteiger partial charge in [0.25, 0.3) is 0 Å². The van der Waals surface area contributed by atoms with Gasteiger partial charge in [-0.2, -0.15) is 0 Å². The molecule has 0 fully saturated rings. The summed E-state index contributed by atoms with van der Waals surface area (Å²) in [5.41, 5.74) is 2.81. The van der Waals surface area contributed by atoms with Gasteiger partial charge in [0, 0.05) is 5.88 Å². The molecule has 0 N–H and O–H groups in total. The Kier molecular flexibility index (Phi) is 5.47. The maximum Gasteiger partial charge on any atom is 0.148 e. The molecule has 0 aliphatic carbocycles. The SMILES string of the molecule is Cc1ccc(F)cc1COc1c(Br)cc(CCl)cc1Br. The third-order valence-electron chi connectivity index (χ3n) is 2.90. The molecule has 1 nitrogen and oxygen atoms in total. The standard InChI is InChI=1S/C15H12Br2ClFO/c1-9-2-3-12(19)6-11(9)8-20-15-13(16)4-10(7-18)5-14(15)17/h2-6H,7-8H2,1H3. The lowest BCUT2D eigenvalue weighted by atomic mass is 10.1. The predicted octanol–water partition coefficient (Wildman–Crippen LogP) is 5.98. The van der Waals surface area contributed by atoms with Gasteiger partial charge >= 0.3 is 0 Å². The summed E-state index contributed by atoms with van der Waals surface area (Å²) >= 11 is 12.7. The van der Waals surface area contributed by atoms with E-state index in [0.29, 0.717) is 18.2 Å². The largest absolute Gasteiger partial charge is 0.487 e. The molecular formula is C15H12Br2ClFO. The van der Waals surface area contributed by atoms with Crippen molar-refractivity contribution in [1.82, 2.24) is 0 Å². The Morgan fingerprint density at radius 1 is 1.15 bits per heavy atom. The number of benzene rings is 2. The van der Waals surface area contributed by atoms with E-state index >= 15 is 0 Å². The summed E-state index contributed by atoms with van der Waals surface area (Å²) in [5.74, 6) is 0.855. The van der Waals surface area contributed by atoms with E-state index in [1.165, 1.54) is 12.1 Å². The first-order valence-electron chi connectivity index (χ1n) is 5.93. The number of alkyl halides is 1. The molecule has 0 bridgehead atoms. The monoisotopic (exact) mass is 420 g/mol. The highest BCUT2D eigenvalue weighted by Gasteiger charge is 2.10. The summed E-state index contributed by atoms with van der Waals surface area (Å²) in [7, 11) is 0. The van der Waals surface area contributed by atoms with Crippen LogP contribution in [0.15, 0.2) is 39.3 Å². The number of halogens is 4. The number of aryl methyl sites for hydroxylation is 1. The maximum atomic E-state index is 13.2. The summed E-state index contributed by atoms with van der Waals surface area (Å²) in [6, 6.07) is 8.50. The van der Waals surface area contributed by atoms with Crippen molar-refractivity contribution in [2.45, 2.75) is 19.4 Å². The summed E-state index contributed by atoms with van der Waals surface area (Å²) in [4.78, 5) is 0. The molecule has 0 spiro atoms. The van der Waals surface area contributed by atoms with E-state index in [1.807, 2.05) is 19.1 Å². The molecule has 0 aliphatic rings. The van der Waals surface area contributed by atoms with Crippen LogP contribution in [0.3, 0.4) is 0 Å². The Morgan fingerprint density at radius 2 is 1.80 bits per heavy atom. The van der Waals surface area contributed by atoms with Gasteiger partial charge < -0.3 is 4.74 Å². The fourth-order valence-electron chi connectivity index (χ4n) is 1.77. The zero-order chi connectivity index (χ0) is 14.7. The van der Waals surface area contributed by atoms with Gasteiger partial charge in [0.2, 0.25) is 0 Å². The van der Waals surface area contributed by atoms with Crippen molar-refractivity contribution in [3.63, 3.8) is 0 Å². The third kappa shape index (κ3) is 3.74. The summed E-state index contributed by atoms with van der Waals surface area (Å²) in [6.45, 7) is 2.24. The van der Waals surface area contributed by atoms with E-state index in [9.17, 15) is 4.39 Å². The topological polar surface area (TPSA) is 9.23 Å². The van der Waals surface area contributed by atoms with Gasteiger partial charge in [-0.1, -0.05) is 6.07 Å². The number of hydrogen-bond donors (Lipinski definition) is 0. The van der Waals surface area contributed by atoms with Gasteiger partial charge in [0.05, 0.1) is 8.95 Å². The summed E-state index contributed by atoms with van der Waals surface area (Å²) < 4.78 is 20.7. The van der Waals surface area contributed by atoms with E-state index in [2.05, 4.69) is 31.9 Å². The van der Waals surface area contributed by atoms with Crippen LogP contribution in [0.25, 0.3) is 0 Å². The third-order valence-corrected chi connectivity index (χ3v) is 4.38. The number of ether oxygens (including phenoxy) is 1. The van der Waals surface area contributed by atoms with Crippen molar-refractivity contribution in [1.29, 1.82) is 0 Å². The van der Waals surface area contributed by atoms with Gasteiger partial charge in [-0.3, -0.25) is 0 Å². The highest BCUT2D eigenvalue weighted by atomic mass is 79.9. The zero-order valence-electron chi connectivity index (χ0n) is 10.7. The average molecular weight is 423 g/mol. The van der Waals surface area contributed by atoms with E-state index in [-0.39, 0.29) is 5.82 Å². The molecule has 0 aliphatic heterocycles. The highest BCUT2D eigenvalue weighted by molar-refractivity contribution is 9.11. The van der Waals surface area contributed by atoms with E-state index in [1.54, 1.807) is 6.07 Å². The van der Waals surface area contributed by atoms with Crippen LogP contribution in [0.5, 0.6) is 5.75 Å². The predicted molar refractivity (Wildman–Crippen MR) is 86.9 cm³/mol. The number of rotatable bonds is 4. The van der Waals surface area contributed by atoms with Crippen LogP contribution in [0.1, 0.15) is 16.7 Å². The van der Waals surface area contributed by atoms with Gasteiger partial charge in [0.15, 0.2) is 0 Å². The lowest BCUT2D eigenvalue weighted by Crippen LogP contribution is -2.00. The minimum atomic E-state index is -0.259. The normalized spacial score (nSPS) is 10.7. The molecule has 2 aromatic rings. The van der Waals surface area contributed by atoms with Crippen molar-refractivity contribution >= 4 is 43.5 Å². The molecule has 0 heterocycles. The summed E-state index contributed by atoms with van der Waals surface area (Å²) in [5, 5.41) is 0. The van der Waals surface area contributed by atoms with E-state index < -0.39 is 0 Å². The molecule has 0 unspecified atom stereocenters. The molecule has 0 aromatic heterocycles. The van der Waals surface area contributed by atoms with Crippen LogP contribution in [-0.4, -0.2) is 0 Å². The van der Waals surface area contributed by atoms with Crippen LogP contribution in [0, 0.1) is 12.7 Å². The van der Waals surface area contributed by atoms with Gasteiger partial charge in [0.1, 0.15) is 18.2 Å². The second-order valence-electron chi connectivity index (χ2n) is 4.38. The molecule has 0 saturated carbocycles. The van der Waals surface area contributed by atoms with Crippen molar-refractivity contribution in [3.8, 4) is 5.75 Å². The van der Waals surface area contributed by atoms with E-state index in [0.717, 1.165) is 25.6 Å². The van der Waals surface area contributed by atoms with Crippen LogP contribution in [0.4, 0.5) is 4.39 Å². The average Bonchev–Trinajstić information content (AvgIpc) is 2.41. The number of hydrogen-bond acceptors (Lipinski definition) is 1.